The molecule has 1 aromatic carbocycles. The zero-order valence-electron chi connectivity index (χ0n) is 19.2. The van der Waals surface area contributed by atoms with Gasteiger partial charge in [-0.05, 0) is 50.3 Å². The molecule has 9 nitrogen and oxygen atoms in total. The van der Waals surface area contributed by atoms with E-state index in [0.717, 1.165) is 63.3 Å². The molecule has 1 saturated heterocycles. The summed E-state index contributed by atoms with van der Waals surface area (Å²) >= 11 is 0. The highest BCUT2D eigenvalue weighted by Crippen LogP contribution is 2.35. The molecule has 1 saturated carbocycles. The van der Waals surface area contributed by atoms with E-state index in [1.54, 1.807) is 19.2 Å². The van der Waals surface area contributed by atoms with Gasteiger partial charge in [-0.15, -0.1) is 0 Å². The molecule has 176 valence electrons. The fourth-order valence-corrected chi connectivity index (χ4v) is 4.30. The maximum Gasteiger partial charge on any atom is 0.339 e. The molecule has 2 N–H and O–H groups in total. The number of carbonyl (C=O) groups is 2. The van der Waals surface area contributed by atoms with Crippen LogP contribution in [0.5, 0.6) is 5.75 Å². The molecular formula is C24H31N5O4. The SMILES string of the molecule is COC(=O)c1ccc(OC)cc1N1CCC(CNCC2(NC(=O)c3cncnc3)CC2)CC1. The number of hydrogen-bond donors (Lipinski definition) is 2. The fraction of sp³-hybridized carbons (Fsp3) is 0.500. The highest BCUT2D eigenvalue weighted by atomic mass is 16.5. The lowest BCUT2D eigenvalue weighted by Gasteiger charge is -2.35. The Hall–Kier alpha value is -3.20. The Morgan fingerprint density at radius 1 is 1.15 bits per heavy atom. The van der Waals surface area contributed by atoms with E-state index < -0.39 is 0 Å². The minimum absolute atomic E-state index is 0.122. The average molecular weight is 454 g/mol. The quantitative estimate of drug-likeness (QED) is 0.556. The van der Waals surface area contributed by atoms with Crippen LogP contribution in [-0.2, 0) is 4.74 Å². The summed E-state index contributed by atoms with van der Waals surface area (Å²) in [5.74, 6) is 0.806. The van der Waals surface area contributed by atoms with Crippen LogP contribution in [0.25, 0.3) is 0 Å². The Kier molecular flexibility index (Phi) is 7.08. The topological polar surface area (TPSA) is 106 Å². The normalized spacial score (nSPS) is 17.3. The van der Waals surface area contributed by atoms with Crippen molar-refractivity contribution in [2.75, 3.05) is 45.3 Å². The second kappa shape index (κ2) is 10.2. The smallest absolute Gasteiger partial charge is 0.339 e. The van der Waals surface area contributed by atoms with E-state index >= 15 is 0 Å². The Balaban J connectivity index is 1.26. The first-order valence-electron chi connectivity index (χ1n) is 11.3. The molecule has 2 heterocycles. The van der Waals surface area contributed by atoms with E-state index in [1.165, 1.54) is 25.8 Å². The minimum Gasteiger partial charge on any atom is -0.497 e. The molecule has 0 bridgehead atoms. The largest absolute Gasteiger partial charge is 0.497 e. The van der Waals surface area contributed by atoms with Gasteiger partial charge in [-0.3, -0.25) is 4.79 Å². The number of esters is 1. The zero-order valence-corrected chi connectivity index (χ0v) is 19.2. The third-order valence-electron chi connectivity index (χ3n) is 6.52. The highest BCUT2D eigenvalue weighted by Gasteiger charge is 2.43. The number of hydrogen-bond acceptors (Lipinski definition) is 8. The summed E-state index contributed by atoms with van der Waals surface area (Å²) in [6.45, 7) is 3.38. The van der Waals surface area contributed by atoms with Gasteiger partial charge in [0.2, 0.25) is 0 Å². The van der Waals surface area contributed by atoms with Gasteiger partial charge >= 0.3 is 5.97 Å². The zero-order chi connectivity index (χ0) is 23.3. The molecule has 2 fully saturated rings. The van der Waals surface area contributed by atoms with Gasteiger partial charge in [0.05, 0.1) is 36.6 Å². The summed E-state index contributed by atoms with van der Waals surface area (Å²) in [5, 5.41) is 6.71. The van der Waals surface area contributed by atoms with Gasteiger partial charge in [0, 0.05) is 38.1 Å². The lowest BCUT2D eigenvalue weighted by atomic mass is 9.95. The number of nitrogens with one attached hydrogen (secondary N) is 2. The van der Waals surface area contributed by atoms with Crippen molar-refractivity contribution < 1.29 is 19.1 Å². The van der Waals surface area contributed by atoms with Gasteiger partial charge in [0.15, 0.2) is 0 Å². The Morgan fingerprint density at radius 3 is 2.52 bits per heavy atom. The van der Waals surface area contributed by atoms with Crippen LogP contribution >= 0.6 is 0 Å². The fourth-order valence-electron chi connectivity index (χ4n) is 4.30. The average Bonchev–Trinajstić information content (AvgIpc) is 3.63. The molecule has 1 amide bonds. The molecule has 1 aromatic heterocycles. The molecule has 33 heavy (non-hydrogen) atoms. The molecule has 0 atom stereocenters. The number of benzene rings is 1. The standard InChI is InChI=1S/C24H31N5O4/c1-32-19-3-4-20(23(31)33-2)21(11-19)29-9-5-17(6-10-29)12-25-15-24(7-8-24)28-22(30)18-13-26-16-27-14-18/h3-4,11,13-14,16-17,25H,5-10,12,15H2,1-2H3,(H,28,30). The van der Waals surface area contributed by atoms with Gasteiger partial charge in [-0.25, -0.2) is 14.8 Å². The second-order valence-electron chi connectivity index (χ2n) is 8.80. The van der Waals surface area contributed by atoms with Crippen LogP contribution in [0.2, 0.25) is 0 Å². The monoisotopic (exact) mass is 453 g/mol. The molecule has 0 radical (unpaired) electrons. The number of piperidine rings is 1. The van der Waals surface area contributed by atoms with E-state index in [4.69, 9.17) is 9.47 Å². The van der Waals surface area contributed by atoms with E-state index in [0.29, 0.717) is 17.0 Å². The predicted molar refractivity (Wildman–Crippen MR) is 124 cm³/mol. The van der Waals surface area contributed by atoms with Crippen molar-refractivity contribution >= 4 is 17.6 Å². The van der Waals surface area contributed by atoms with E-state index in [-0.39, 0.29) is 17.4 Å². The second-order valence-corrected chi connectivity index (χ2v) is 8.80. The first-order valence-corrected chi connectivity index (χ1v) is 11.3. The van der Waals surface area contributed by atoms with Crippen LogP contribution in [0.4, 0.5) is 5.69 Å². The van der Waals surface area contributed by atoms with Crippen molar-refractivity contribution in [1.82, 2.24) is 20.6 Å². The van der Waals surface area contributed by atoms with Crippen LogP contribution in [0.1, 0.15) is 46.4 Å². The Labute approximate surface area is 193 Å². The summed E-state index contributed by atoms with van der Waals surface area (Å²) < 4.78 is 10.3. The number of carbonyl (C=O) groups excluding carboxylic acids is 2. The van der Waals surface area contributed by atoms with Crippen molar-refractivity contribution in [3.8, 4) is 5.75 Å². The van der Waals surface area contributed by atoms with Crippen LogP contribution < -0.4 is 20.3 Å². The van der Waals surface area contributed by atoms with E-state index in [9.17, 15) is 9.59 Å². The first kappa shape index (κ1) is 23.0. The Morgan fingerprint density at radius 2 is 1.88 bits per heavy atom. The maximum atomic E-state index is 12.4. The van der Waals surface area contributed by atoms with Crippen LogP contribution in [0.15, 0.2) is 36.9 Å². The van der Waals surface area contributed by atoms with Gasteiger partial charge in [-0.2, -0.15) is 0 Å². The van der Waals surface area contributed by atoms with Gasteiger partial charge in [-0.1, -0.05) is 0 Å². The molecule has 0 unspecified atom stereocenters. The van der Waals surface area contributed by atoms with Crippen molar-refractivity contribution in [1.29, 1.82) is 0 Å². The summed E-state index contributed by atoms with van der Waals surface area (Å²) in [5.41, 5.74) is 1.74. The maximum absolute atomic E-state index is 12.4. The van der Waals surface area contributed by atoms with Gasteiger partial charge in [0.1, 0.15) is 12.1 Å². The Bertz CT molecular complexity index is 972. The number of nitrogens with zero attached hydrogens (tertiary/aromatic N) is 3. The van der Waals surface area contributed by atoms with Crippen molar-refractivity contribution in [2.45, 2.75) is 31.2 Å². The lowest BCUT2D eigenvalue weighted by Crippen LogP contribution is -2.46. The highest BCUT2D eigenvalue weighted by molar-refractivity contribution is 5.96. The van der Waals surface area contributed by atoms with E-state index in [1.807, 2.05) is 6.07 Å². The number of rotatable bonds is 9. The van der Waals surface area contributed by atoms with Crippen LogP contribution in [-0.4, -0.2) is 67.8 Å². The third-order valence-corrected chi connectivity index (χ3v) is 6.52. The molecular weight excluding hydrogens is 422 g/mol. The summed E-state index contributed by atoms with van der Waals surface area (Å²) in [4.78, 5) is 34.7. The van der Waals surface area contributed by atoms with Crippen molar-refractivity contribution in [2.24, 2.45) is 5.92 Å². The summed E-state index contributed by atoms with van der Waals surface area (Å²) in [7, 11) is 3.02. The van der Waals surface area contributed by atoms with E-state index in [2.05, 4.69) is 25.5 Å². The van der Waals surface area contributed by atoms with Crippen molar-refractivity contribution in [3.63, 3.8) is 0 Å². The van der Waals surface area contributed by atoms with Crippen LogP contribution in [0.3, 0.4) is 0 Å². The van der Waals surface area contributed by atoms with Gasteiger partial charge in [0.25, 0.3) is 5.91 Å². The lowest BCUT2D eigenvalue weighted by molar-refractivity contribution is 0.0601. The van der Waals surface area contributed by atoms with Crippen LogP contribution in [0, 0.1) is 5.92 Å². The molecule has 2 aromatic rings. The number of methoxy groups -OCH3 is 2. The number of aromatic nitrogens is 2. The number of amides is 1. The third kappa shape index (κ3) is 5.60. The summed E-state index contributed by atoms with van der Waals surface area (Å²) in [6.07, 6.45) is 8.48. The molecule has 4 rings (SSSR count). The molecule has 0 spiro atoms. The number of anilines is 1. The van der Waals surface area contributed by atoms with Gasteiger partial charge < -0.3 is 25.0 Å². The first-order chi connectivity index (χ1) is 16.0. The molecule has 2 aliphatic rings. The minimum atomic E-state index is -0.338. The van der Waals surface area contributed by atoms with Crippen molar-refractivity contribution in [3.05, 3.63) is 48.0 Å². The molecule has 9 heteroatoms. The molecule has 1 aliphatic carbocycles. The number of ether oxygens (including phenoxy) is 2. The molecule has 1 aliphatic heterocycles. The predicted octanol–water partition coefficient (Wildman–Crippen LogP) is 2.04. The summed E-state index contributed by atoms with van der Waals surface area (Å²) in [6, 6.07) is 5.45.